The molecular formula is C15H27IO. The molecule has 0 aromatic rings. The Bertz CT molecular complexity index is 222. The van der Waals surface area contributed by atoms with Gasteiger partial charge in [-0.05, 0) is 49.9 Å². The van der Waals surface area contributed by atoms with Crippen LogP contribution in [-0.4, -0.2) is 16.6 Å². The molecule has 0 N–H and O–H groups in total. The molecule has 0 aromatic heterocycles. The molecule has 0 amide bonds. The molecule has 2 rings (SSSR count). The van der Waals surface area contributed by atoms with Crippen molar-refractivity contribution in [2.45, 2.75) is 64.4 Å². The molecule has 2 aliphatic rings. The Balaban J connectivity index is 1.75. The second kappa shape index (κ2) is 6.23. The molecule has 2 fully saturated rings. The van der Waals surface area contributed by atoms with E-state index in [4.69, 9.17) is 4.74 Å². The quantitative estimate of drug-likeness (QED) is 0.493. The van der Waals surface area contributed by atoms with Crippen LogP contribution in [0, 0.1) is 17.8 Å². The summed E-state index contributed by atoms with van der Waals surface area (Å²) in [5.74, 6) is 2.81. The van der Waals surface area contributed by atoms with Crippen LogP contribution in [0.25, 0.3) is 0 Å². The molecule has 100 valence electrons. The first-order valence-electron chi connectivity index (χ1n) is 7.35. The van der Waals surface area contributed by atoms with Crippen molar-refractivity contribution >= 4 is 22.6 Å². The number of rotatable bonds is 6. The lowest BCUT2D eigenvalue weighted by Gasteiger charge is -2.40. The highest BCUT2D eigenvalue weighted by molar-refractivity contribution is 14.1. The normalized spacial score (nSPS) is 34.2. The Kier molecular flexibility index (Phi) is 5.17. The third-order valence-corrected chi connectivity index (χ3v) is 6.15. The second-order valence-corrected chi connectivity index (χ2v) is 7.24. The van der Waals surface area contributed by atoms with E-state index in [1.54, 1.807) is 0 Å². The van der Waals surface area contributed by atoms with Crippen LogP contribution in [0.5, 0.6) is 0 Å². The number of halogens is 1. The van der Waals surface area contributed by atoms with Gasteiger partial charge in [0.25, 0.3) is 0 Å². The number of alkyl halides is 1. The Hall–Kier alpha value is 0.690. The predicted octanol–water partition coefficient (Wildman–Crippen LogP) is 4.82. The van der Waals surface area contributed by atoms with Crippen LogP contribution in [0.4, 0.5) is 0 Å². The van der Waals surface area contributed by atoms with Gasteiger partial charge in [0.15, 0.2) is 0 Å². The van der Waals surface area contributed by atoms with Crippen molar-refractivity contribution in [1.29, 1.82) is 0 Å². The summed E-state index contributed by atoms with van der Waals surface area (Å²) in [5, 5.41) is 0. The van der Waals surface area contributed by atoms with Gasteiger partial charge in [-0.3, -0.25) is 0 Å². The minimum Gasteiger partial charge on any atom is -0.374 e. The van der Waals surface area contributed by atoms with Gasteiger partial charge in [-0.1, -0.05) is 49.3 Å². The molecule has 0 aromatic carbocycles. The van der Waals surface area contributed by atoms with Crippen molar-refractivity contribution in [1.82, 2.24) is 0 Å². The van der Waals surface area contributed by atoms with E-state index < -0.39 is 0 Å². The lowest BCUT2D eigenvalue weighted by Crippen LogP contribution is -2.40. The van der Waals surface area contributed by atoms with Crippen LogP contribution in [-0.2, 0) is 4.74 Å². The maximum absolute atomic E-state index is 6.29. The number of hydrogen-bond acceptors (Lipinski definition) is 1. The van der Waals surface area contributed by atoms with Gasteiger partial charge >= 0.3 is 0 Å². The first kappa shape index (κ1) is 14.1. The summed E-state index contributed by atoms with van der Waals surface area (Å²) >= 11 is 2.53. The smallest absolute Gasteiger partial charge is 0.0771 e. The summed E-state index contributed by atoms with van der Waals surface area (Å²) in [6.45, 7) is 5.76. The monoisotopic (exact) mass is 350 g/mol. The van der Waals surface area contributed by atoms with Crippen LogP contribution in [0.3, 0.4) is 0 Å². The standard InChI is InChI=1S/C15H27IO/c1-12(2)14-5-8-15(11-16,9-6-14)17-10-7-13-3-4-13/h12-14H,3-11H2,1-2H3. The lowest BCUT2D eigenvalue weighted by molar-refractivity contribution is -0.0640. The topological polar surface area (TPSA) is 9.23 Å². The zero-order chi connectivity index (χ0) is 12.3. The predicted molar refractivity (Wildman–Crippen MR) is 81.7 cm³/mol. The van der Waals surface area contributed by atoms with Crippen molar-refractivity contribution in [2.24, 2.45) is 17.8 Å². The average molecular weight is 350 g/mol. The van der Waals surface area contributed by atoms with Gasteiger partial charge < -0.3 is 4.74 Å². The molecule has 0 aliphatic heterocycles. The highest BCUT2D eigenvalue weighted by atomic mass is 127. The summed E-state index contributed by atoms with van der Waals surface area (Å²) in [7, 11) is 0. The average Bonchev–Trinajstić information content (AvgIpc) is 3.14. The highest BCUT2D eigenvalue weighted by Gasteiger charge is 2.36. The van der Waals surface area contributed by atoms with Crippen molar-refractivity contribution < 1.29 is 4.74 Å². The molecule has 17 heavy (non-hydrogen) atoms. The van der Waals surface area contributed by atoms with Crippen LogP contribution in [0.1, 0.15) is 58.8 Å². The molecule has 0 radical (unpaired) electrons. The SMILES string of the molecule is CC(C)C1CCC(CI)(OCCC2CC2)CC1. The summed E-state index contributed by atoms with van der Waals surface area (Å²) < 4.78 is 7.47. The largest absolute Gasteiger partial charge is 0.374 e. The fourth-order valence-corrected chi connectivity index (χ4v) is 3.98. The van der Waals surface area contributed by atoms with Gasteiger partial charge in [0.1, 0.15) is 0 Å². The first-order valence-corrected chi connectivity index (χ1v) is 8.88. The van der Waals surface area contributed by atoms with Gasteiger partial charge in [0.05, 0.1) is 5.60 Å². The van der Waals surface area contributed by atoms with E-state index in [-0.39, 0.29) is 5.60 Å². The zero-order valence-corrected chi connectivity index (χ0v) is 13.5. The van der Waals surface area contributed by atoms with Gasteiger partial charge in [-0.2, -0.15) is 0 Å². The lowest BCUT2D eigenvalue weighted by atomic mass is 9.75. The molecule has 0 heterocycles. The second-order valence-electron chi connectivity index (χ2n) is 6.48. The maximum atomic E-state index is 6.29. The fourth-order valence-electron chi connectivity index (χ4n) is 3.00. The fraction of sp³-hybridized carbons (Fsp3) is 1.00. The van der Waals surface area contributed by atoms with E-state index in [1.807, 2.05) is 0 Å². The van der Waals surface area contributed by atoms with Crippen molar-refractivity contribution in [3.05, 3.63) is 0 Å². The molecule has 0 unspecified atom stereocenters. The summed E-state index contributed by atoms with van der Waals surface area (Å²) in [6.07, 6.45) is 9.57. The Labute approximate surface area is 120 Å². The Morgan fingerprint density at radius 3 is 2.29 bits per heavy atom. The van der Waals surface area contributed by atoms with Crippen molar-refractivity contribution in [3.8, 4) is 0 Å². The maximum Gasteiger partial charge on any atom is 0.0771 e. The molecule has 0 saturated heterocycles. The van der Waals surface area contributed by atoms with Gasteiger partial charge in [-0.25, -0.2) is 0 Å². The van der Waals surface area contributed by atoms with E-state index in [0.717, 1.165) is 24.4 Å². The Morgan fingerprint density at radius 2 is 1.82 bits per heavy atom. The molecule has 2 saturated carbocycles. The highest BCUT2D eigenvalue weighted by Crippen LogP contribution is 2.40. The van der Waals surface area contributed by atoms with Gasteiger partial charge in [0.2, 0.25) is 0 Å². The van der Waals surface area contributed by atoms with E-state index in [0.29, 0.717) is 0 Å². The molecular weight excluding hydrogens is 323 g/mol. The first-order chi connectivity index (χ1) is 8.15. The molecule has 2 aliphatic carbocycles. The minimum absolute atomic E-state index is 0.237. The molecule has 0 bridgehead atoms. The van der Waals surface area contributed by atoms with Crippen molar-refractivity contribution in [2.75, 3.05) is 11.0 Å². The van der Waals surface area contributed by atoms with Gasteiger partial charge in [-0.15, -0.1) is 0 Å². The van der Waals surface area contributed by atoms with E-state index in [1.165, 1.54) is 49.4 Å². The third-order valence-electron chi connectivity index (χ3n) is 4.76. The van der Waals surface area contributed by atoms with Crippen LogP contribution in [0.15, 0.2) is 0 Å². The Morgan fingerprint density at radius 1 is 1.18 bits per heavy atom. The molecule has 0 spiro atoms. The zero-order valence-electron chi connectivity index (χ0n) is 11.4. The minimum atomic E-state index is 0.237. The van der Waals surface area contributed by atoms with E-state index >= 15 is 0 Å². The molecule has 0 atom stereocenters. The molecule has 1 nitrogen and oxygen atoms in total. The van der Waals surface area contributed by atoms with Crippen LogP contribution in [0.2, 0.25) is 0 Å². The summed E-state index contributed by atoms with van der Waals surface area (Å²) in [6, 6.07) is 0. The number of ether oxygens (including phenoxy) is 1. The molecule has 2 heteroatoms. The number of hydrogen-bond donors (Lipinski definition) is 0. The summed E-state index contributed by atoms with van der Waals surface area (Å²) in [5.41, 5.74) is 0.237. The van der Waals surface area contributed by atoms with E-state index in [9.17, 15) is 0 Å². The van der Waals surface area contributed by atoms with E-state index in [2.05, 4.69) is 36.4 Å². The van der Waals surface area contributed by atoms with Crippen LogP contribution < -0.4 is 0 Å². The van der Waals surface area contributed by atoms with Crippen LogP contribution >= 0.6 is 22.6 Å². The third kappa shape index (κ3) is 4.09. The van der Waals surface area contributed by atoms with Crippen molar-refractivity contribution in [3.63, 3.8) is 0 Å². The summed E-state index contributed by atoms with van der Waals surface area (Å²) in [4.78, 5) is 0. The van der Waals surface area contributed by atoms with Gasteiger partial charge in [0, 0.05) is 11.0 Å².